The summed E-state index contributed by atoms with van der Waals surface area (Å²) in [5, 5.41) is 5.19. The molecule has 8 heteroatoms. The molecule has 0 aliphatic carbocycles. The van der Waals surface area contributed by atoms with Crippen molar-refractivity contribution in [2.75, 3.05) is 27.2 Å². The van der Waals surface area contributed by atoms with Gasteiger partial charge in [-0.1, -0.05) is 36.4 Å². The maximum absolute atomic E-state index is 14.3. The summed E-state index contributed by atoms with van der Waals surface area (Å²) in [6.07, 6.45) is 1.69. The van der Waals surface area contributed by atoms with Crippen molar-refractivity contribution in [2.45, 2.75) is 33.0 Å². The number of nitrogens with two attached hydrogens (primary N) is 1. The molecule has 0 atom stereocenters. The zero-order valence-corrected chi connectivity index (χ0v) is 21.3. The number of carbonyl (C=O) groups excluding carboxylic acids is 1. The Bertz CT molecular complexity index is 1370. The minimum atomic E-state index is -0.332. The fourth-order valence-electron chi connectivity index (χ4n) is 4.32. The first kappa shape index (κ1) is 25.5. The van der Waals surface area contributed by atoms with Crippen molar-refractivity contribution in [3.05, 3.63) is 83.3 Å². The van der Waals surface area contributed by atoms with Crippen LogP contribution in [0.2, 0.25) is 0 Å². The van der Waals surface area contributed by atoms with Gasteiger partial charge < -0.3 is 15.5 Å². The van der Waals surface area contributed by atoms with Crippen LogP contribution in [0.5, 0.6) is 0 Å². The fraction of sp³-hybridized carbons (Fsp3) is 0.321. The highest BCUT2D eigenvalue weighted by Gasteiger charge is 2.22. The number of benzene rings is 2. The first-order valence-electron chi connectivity index (χ1n) is 12.1. The van der Waals surface area contributed by atoms with Gasteiger partial charge in [0.2, 0.25) is 0 Å². The van der Waals surface area contributed by atoms with E-state index in [0.29, 0.717) is 34.4 Å². The van der Waals surface area contributed by atoms with E-state index in [0.717, 1.165) is 24.2 Å². The van der Waals surface area contributed by atoms with Gasteiger partial charge in [-0.2, -0.15) is 5.10 Å². The van der Waals surface area contributed by atoms with E-state index in [1.54, 1.807) is 31.4 Å². The van der Waals surface area contributed by atoms with Crippen molar-refractivity contribution in [1.82, 2.24) is 24.6 Å². The lowest BCUT2D eigenvalue weighted by atomic mass is 10.0. The summed E-state index contributed by atoms with van der Waals surface area (Å²) in [5.41, 5.74) is 10.0. The molecule has 0 aliphatic rings. The molecule has 0 aliphatic heterocycles. The van der Waals surface area contributed by atoms with Gasteiger partial charge in [-0.25, -0.2) is 14.1 Å². The van der Waals surface area contributed by atoms with Crippen LogP contribution >= 0.6 is 0 Å². The third kappa shape index (κ3) is 5.45. The van der Waals surface area contributed by atoms with E-state index in [1.807, 2.05) is 43.8 Å². The Morgan fingerprint density at radius 1 is 1.08 bits per heavy atom. The molecule has 0 saturated carbocycles. The van der Waals surface area contributed by atoms with E-state index in [4.69, 9.17) is 10.7 Å². The summed E-state index contributed by atoms with van der Waals surface area (Å²) in [5.74, 6) is -0.546. The first-order chi connectivity index (χ1) is 17.3. The second-order valence-corrected chi connectivity index (χ2v) is 9.45. The van der Waals surface area contributed by atoms with Crippen LogP contribution in [0.15, 0.2) is 60.8 Å². The molecule has 2 aromatic carbocycles. The molecule has 4 rings (SSSR count). The smallest absolute Gasteiger partial charge is 0.254 e. The van der Waals surface area contributed by atoms with E-state index in [9.17, 15) is 9.18 Å². The number of fused-ring (bicyclic) bond motifs is 1. The van der Waals surface area contributed by atoms with Crippen LogP contribution in [0, 0.1) is 5.82 Å². The molecule has 2 aromatic heterocycles. The van der Waals surface area contributed by atoms with Gasteiger partial charge in [0.25, 0.3) is 5.91 Å². The Hall–Kier alpha value is -3.62. The van der Waals surface area contributed by atoms with Gasteiger partial charge in [0.15, 0.2) is 5.65 Å². The molecule has 0 unspecified atom stereocenters. The Kier molecular flexibility index (Phi) is 7.76. The van der Waals surface area contributed by atoms with Crippen molar-refractivity contribution >= 4 is 16.9 Å². The normalized spacial score (nSPS) is 11.6. The molecule has 0 bridgehead atoms. The first-order valence-corrected chi connectivity index (χ1v) is 12.1. The summed E-state index contributed by atoms with van der Waals surface area (Å²) in [6, 6.07) is 16.5. The molecule has 188 valence electrons. The molecule has 0 saturated heterocycles. The monoisotopic (exact) mass is 488 g/mol. The molecule has 0 radical (unpaired) electrons. The lowest BCUT2D eigenvalue weighted by Crippen LogP contribution is -2.27. The summed E-state index contributed by atoms with van der Waals surface area (Å²) in [4.78, 5) is 22.3. The minimum Gasteiger partial charge on any atom is -0.337 e. The molecule has 2 N–H and O–H groups in total. The highest BCUT2D eigenvalue weighted by Crippen LogP contribution is 2.28. The summed E-state index contributed by atoms with van der Waals surface area (Å²) < 4.78 is 16.1. The number of aromatic nitrogens is 3. The number of rotatable bonds is 9. The Balaban J connectivity index is 1.76. The second kappa shape index (κ2) is 11.0. The summed E-state index contributed by atoms with van der Waals surface area (Å²) in [6.45, 7) is 6.37. The number of likely N-dealkylation sites (N-methyl/N-ethyl adjacent to an activating group) is 1. The number of hydrogen-bond donors (Lipinski definition) is 1. The third-order valence-corrected chi connectivity index (χ3v) is 6.18. The van der Waals surface area contributed by atoms with Gasteiger partial charge in [0.05, 0.1) is 22.8 Å². The molecule has 4 aromatic rings. The standard InChI is InChI=1S/C28H33FN6O/c1-19(2)35-27-24(16-31-35)23(28(36)34(4)18-22-9-5-6-11-25(22)29)15-26(32-27)21-10-7-8-20(14-21)17-33(3)13-12-30/h5-11,14-16,19H,12-13,17-18,30H2,1-4H3. The lowest BCUT2D eigenvalue weighted by Gasteiger charge is -2.19. The Morgan fingerprint density at radius 3 is 2.58 bits per heavy atom. The maximum atomic E-state index is 14.3. The zero-order valence-electron chi connectivity index (χ0n) is 21.3. The van der Waals surface area contributed by atoms with Crippen molar-refractivity contribution < 1.29 is 9.18 Å². The van der Waals surface area contributed by atoms with Crippen LogP contribution in [0.4, 0.5) is 4.39 Å². The van der Waals surface area contributed by atoms with Crippen LogP contribution in [-0.2, 0) is 13.1 Å². The topological polar surface area (TPSA) is 80.3 Å². The fourth-order valence-corrected chi connectivity index (χ4v) is 4.32. The number of amides is 1. The molecule has 0 fully saturated rings. The van der Waals surface area contributed by atoms with Gasteiger partial charge in [0, 0.05) is 50.4 Å². The van der Waals surface area contributed by atoms with E-state index in [1.165, 1.54) is 11.0 Å². The van der Waals surface area contributed by atoms with E-state index < -0.39 is 0 Å². The Labute approximate surface area is 211 Å². The van der Waals surface area contributed by atoms with Crippen LogP contribution in [0.25, 0.3) is 22.3 Å². The van der Waals surface area contributed by atoms with Crippen LogP contribution < -0.4 is 5.73 Å². The third-order valence-electron chi connectivity index (χ3n) is 6.18. The summed E-state index contributed by atoms with van der Waals surface area (Å²) in [7, 11) is 3.72. The maximum Gasteiger partial charge on any atom is 0.254 e. The molecule has 2 heterocycles. The van der Waals surface area contributed by atoms with Crippen LogP contribution in [0.3, 0.4) is 0 Å². The number of pyridine rings is 1. The van der Waals surface area contributed by atoms with Crippen molar-refractivity contribution in [3.63, 3.8) is 0 Å². The van der Waals surface area contributed by atoms with E-state index >= 15 is 0 Å². The van der Waals surface area contributed by atoms with Gasteiger partial charge in [0.1, 0.15) is 5.82 Å². The van der Waals surface area contributed by atoms with Crippen LogP contribution in [0.1, 0.15) is 41.4 Å². The Morgan fingerprint density at radius 2 is 1.86 bits per heavy atom. The van der Waals surface area contributed by atoms with Gasteiger partial charge >= 0.3 is 0 Å². The lowest BCUT2D eigenvalue weighted by molar-refractivity contribution is 0.0785. The van der Waals surface area contributed by atoms with Gasteiger partial charge in [-0.15, -0.1) is 0 Å². The molecule has 7 nitrogen and oxygen atoms in total. The molecular formula is C28H33FN6O. The average molecular weight is 489 g/mol. The van der Waals surface area contributed by atoms with Crippen molar-refractivity contribution in [2.24, 2.45) is 5.73 Å². The number of nitrogens with zero attached hydrogens (tertiary/aromatic N) is 5. The van der Waals surface area contributed by atoms with Crippen molar-refractivity contribution in [3.8, 4) is 11.3 Å². The van der Waals surface area contributed by atoms with Gasteiger partial charge in [-0.05, 0) is 44.7 Å². The summed E-state index contributed by atoms with van der Waals surface area (Å²) >= 11 is 0. The van der Waals surface area contributed by atoms with Crippen molar-refractivity contribution in [1.29, 1.82) is 0 Å². The molecule has 0 spiro atoms. The number of halogens is 1. The number of carbonyl (C=O) groups is 1. The predicted molar refractivity (Wildman–Crippen MR) is 141 cm³/mol. The van der Waals surface area contributed by atoms with Crippen LogP contribution in [-0.4, -0.2) is 57.7 Å². The largest absolute Gasteiger partial charge is 0.337 e. The average Bonchev–Trinajstić information content (AvgIpc) is 3.29. The van der Waals surface area contributed by atoms with E-state index in [2.05, 4.69) is 22.1 Å². The number of hydrogen-bond acceptors (Lipinski definition) is 5. The molecule has 36 heavy (non-hydrogen) atoms. The quantitative estimate of drug-likeness (QED) is 0.376. The molecule has 1 amide bonds. The molecular weight excluding hydrogens is 455 g/mol. The highest BCUT2D eigenvalue weighted by atomic mass is 19.1. The highest BCUT2D eigenvalue weighted by molar-refractivity contribution is 6.06. The van der Waals surface area contributed by atoms with Gasteiger partial charge in [-0.3, -0.25) is 4.79 Å². The predicted octanol–water partition coefficient (Wildman–Crippen LogP) is 4.48. The van der Waals surface area contributed by atoms with E-state index in [-0.39, 0.29) is 24.3 Å². The second-order valence-electron chi connectivity index (χ2n) is 9.45. The SMILES string of the molecule is CC(C)n1ncc2c(C(=O)N(C)Cc3ccccc3F)cc(-c3cccc(CN(C)CCN)c3)nc21. The minimum absolute atomic E-state index is 0.0700. The zero-order chi connectivity index (χ0) is 25.8.